The van der Waals surface area contributed by atoms with E-state index in [1.54, 1.807) is 59.8 Å². The highest BCUT2D eigenvalue weighted by atomic mass is 16.7. The van der Waals surface area contributed by atoms with E-state index in [2.05, 4.69) is 27.3 Å². The van der Waals surface area contributed by atoms with Gasteiger partial charge in [0.1, 0.15) is 28.3 Å². The number of aliphatic hydroxyl groups is 2. The summed E-state index contributed by atoms with van der Waals surface area (Å²) in [6.45, 7) is 15.4. The molecular formula is C50H62N4O11. The number of likely N-dealkylation sites (tertiary alicyclic amines) is 1. The van der Waals surface area contributed by atoms with Gasteiger partial charge < -0.3 is 44.7 Å². The summed E-state index contributed by atoms with van der Waals surface area (Å²) in [6.07, 6.45) is 5.25. The molecule has 4 aliphatic rings. The Morgan fingerprint density at radius 3 is 2.29 bits per heavy atom. The van der Waals surface area contributed by atoms with Gasteiger partial charge in [-0.05, 0) is 38.3 Å². The van der Waals surface area contributed by atoms with Gasteiger partial charge >= 0.3 is 11.8 Å². The molecule has 1 saturated heterocycles. The first kappa shape index (κ1) is 47.4. The van der Waals surface area contributed by atoms with Crippen molar-refractivity contribution in [3.8, 4) is 17.2 Å². The molecule has 9 atom stereocenters. The van der Waals surface area contributed by atoms with Crippen molar-refractivity contribution in [2.24, 2.45) is 33.7 Å². The normalized spacial score (nSPS) is 31.4. The van der Waals surface area contributed by atoms with Crippen LogP contribution in [0.3, 0.4) is 0 Å². The van der Waals surface area contributed by atoms with Crippen molar-refractivity contribution < 1.29 is 53.8 Å². The number of hydrogen-bond donors (Lipinski definition) is 5. The van der Waals surface area contributed by atoms with E-state index in [0.29, 0.717) is 18.5 Å². The SMILES string of the molecule is CO[C@H]1/C=C/O[C@@]2(C)Oc3c(C)c(O)c4c(O)c(c5c(c4c3C2=O)NC2(CCN(Cc3ccccc3)CC2)CN=5)=NC(=O)/C(C)=C\C=C\[C@H](C)[C@H](O)[C@@H](C)[C@@H](O)[C@@H](C)[C@H](OC(C)=O)C1C. The number of carbonyl (C=O) groups excluding carboxylic acids is 3. The molecular weight excluding hydrogens is 833 g/mol. The average molecular weight is 895 g/mol. The van der Waals surface area contributed by atoms with Crippen molar-refractivity contribution in [3.63, 3.8) is 0 Å². The zero-order valence-electron chi connectivity index (χ0n) is 38.6. The van der Waals surface area contributed by atoms with Crippen molar-refractivity contribution in [2.75, 3.05) is 32.1 Å². The number of piperidine rings is 1. The smallest absolute Gasteiger partial charge is 0.312 e. The van der Waals surface area contributed by atoms with Crippen LogP contribution in [0.1, 0.15) is 82.8 Å². The highest BCUT2D eigenvalue weighted by molar-refractivity contribution is 6.21. The predicted octanol–water partition coefficient (Wildman–Crippen LogP) is 5.34. The van der Waals surface area contributed by atoms with Gasteiger partial charge in [0.25, 0.3) is 11.7 Å². The number of fused-ring (bicyclic) bond motifs is 1. The fraction of sp³-hybridized carbons (Fsp3) is 0.500. The molecule has 4 bridgehead atoms. The van der Waals surface area contributed by atoms with Gasteiger partial charge in [0.05, 0.1) is 53.3 Å². The summed E-state index contributed by atoms with van der Waals surface area (Å²) in [7, 11) is 1.47. The minimum atomic E-state index is -1.97. The Hall–Kier alpha value is -5.61. The Morgan fingerprint density at radius 2 is 1.63 bits per heavy atom. The molecule has 0 radical (unpaired) electrons. The second kappa shape index (κ2) is 18.7. The van der Waals surface area contributed by atoms with Crippen LogP contribution < -0.4 is 20.8 Å². The zero-order valence-corrected chi connectivity index (χ0v) is 38.6. The Balaban J connectivity index is 1.38. The van der Waals surface area contributed by atoms with Gasteiger partial charge in [-0.2, -0.15) is 0 Å². The molecule has 348 valence electrons. The lowest BCUT2D eigenvalue weighted by atomic mass is 9.78. The standard InChI is InChI=1S/C50H62N4O11/c1-26-14-13-15-27(2)48(61)52-40-39-38(53-50(25-51-39)19-21-54(22-20-50)24-33-16-11-10-12-17-33)35-36(44(40)59)43(58)31(6)46-37(35)47(60)49(8,65-46)63-23-18-34(62-9)28(3)45(64-32(7)55)30(5)42(57)29(4)41(26)56/h10-18,23,26,28-30,34,41-42,45,53,56-59H,19-22,24-25H2,1-9H3/b14-13+,23-18+,27-15-,52-40?/t26-,28?,29+,30+,34-,41-,42+,45+,49-/m0/s1. The Morgan fingerprint density at radius 1 is 0.938 bits per heavy atom. The Kier molecular flexibility index (Phi) is 13.6. The summed E-state index contributed by atoms with van der Waals surface area (Å²) in [5.74, 6) is -7.11. The van der Waals surface area contributed by atoms with E-state index in [1.807, 2.05) is 18.2 Å². The molecule has 0 aromatic heterocycles. The van der Waals surface area contributed by atoms with Gasteiger partial charge in [-0.25, -0.2) is 4.99 Å². The quantitative estimate of drug-likeness (QED) is 0.166. The molecule has 1 amide bonds. The maximum Gasteiger partial charge on any atom is 0.312 e. The number of phenols is 2. The number of Topliss-reactive ketones (excluding diaryl/α,β-unsaturated/α-hetero) is 1. The van der Waals surface area contributed by atoms with Crippen LogP contribution in [0, 0.1) is 30.6 Å². The van der Waals surface area contributed by atoms with Crippen LogP contribution >= 0.6 is 0 Å². The molecule has 7 rings (SSSR count). The maximum absolute atomic E-state index is 14.9. The summed E-state index contributed by atoms with van der Waals surface area (Å²) in [6, 6.07) is 10.2. The van der Waals surface area contributed by atoms with Gasteiger partial charge in [0.2, 0.25) is 0 Å². The van der Waals surface area contributed by atoms with Crippen LogP contribution in [0.2, 0.25) is 0 Å². The maximum atomic E-state index is 14.9. The van der Waals surface area contributed by atoms with Crippen LogP contribution in [0.25, 0.3) is 10.8 Å². The minimum Gasteiger partial charge on any atom is -0.507 e. The Bertz CT molecular complexity index is 2570. The van der Waals surface area contributed by atoms with Crippen LogP contribution in [0.15, 0.2) is 76.5 Å². The monoisotopic (exact) mass is 894 g/mol. The third-order valence-corrected chi connectivity index (χ3v) is 13.9. The number of nitrogens with one attached hydrogen (secondary N) is 1. The Labute approximate surface area is 379 Å². The molecule has 0 saturated carbocycles. The van der Waals surface area contributed by atoms with E-state index in [0.717, 1.165) is 19.6 Å². The van der Waals surface area contributed by atoms with Crippen molar-refractivity contribution >= 4 is 34.1 Å². The summed E-state index contributed by atoms with van der Waals surface area (Å²) in [5.41, 5.74) is 1.35. The van der Waals surface area contributed by atoms with Gasteiger partial charge in [-0.3, -0.25) is 24.3 Å². The number of allylic oxidation sites excluding steroid dienone is 2. The zero-order chi connectivity index (χ0) is 47.1. The second-order valence-electron chi connectivity index (χ2n) is 18.5. The molecule has 15 nitrogen and oxygen atoms in total. The lowest BCUT2D eigenvalue weighted by Crippen LogP contribution is -2.55. The third-order valence-electron chi connectivity index (χ3n) is 13.9. The van der Waals surface area contributed by atoms with E-state index in [-0.39, 0.29) is 56.2 Å². The number of methoxy groups -OCH3 is 1. The number of esters is 1. The van der Waals surface area contributed by atoms with Crippen molar-refractivity contribution in [1.82, 2.24) is 4.90 Å². The number of phenolic OH excluding ortho intramolecular Hbond substituents is 2. The van der Waals surface area contributed by atoms with Crippen molar-refractivity contribution in [1.29, 1.82) is 0 Å². The van der Waals surface area contributed by atoms with E-state index in [1.165, 1.54) is 38.9 Å². The van der Waals surface area contributed by atoms with Crippen LogP contribution in [-0.4, -0.2) is 105 Å². The number of ether oxygens (including phenoxy) is 4. The summed E-state index contributed by atoms with van der Waals surface area (Å²) < 4.78 is 24.1. The van der Waals surface area contributed by atoms with E-state index in [4.69, 9.17) is 23.9 Å². The van der Waals surface area contributed by atoms with Gasteiger partial charge in [-0.15, -0.1) is 0 Å². The molecule has 0 aliphatic carbocycles. The van der Waals surface area contributed by atoms with Crippen LogP contribution in [0.5, 0.6) is 17.2 Å². The number of hydrogen-bond acceptors (Lipinski definition) is 14. The van der Waals surface area contributed by atoms with E-state index in [9.17, 15) is 34.8 Å². The predicted molar refractivity (Wildman–Crippen MR) is 243 cm³/mol. The van der Waals surface area contributed by atoms with Gasteiger partial charge in [0, 0.05) is 80.8 Å². The first-order chi connectivity index (χ1) is 30.8. The molecule has 65 heavy (non-hydrogen) atoms. The third kappa shape index (κ3) is 9.03. The first-order valence-corrected chi connectivity index (χ1v) is 22.4. The molecule has 4 aliphatic heterocycles. The number of benzene rings is 3. The fourth-order valence-electron chi connectivity index (χ4n) is 9.75. The van der Waals surface area contributed by atoms with Crippen molar-refractivity contribution in [3.05, 3.63) is 93.9 Å². The van der Waals surface area contributed by atoms with Gasteiger partial charge in [-0.1, -0.05) is 76.3 Å². The lowest BCUT2D eigenvalue weighted by molar-refractivity contribution is -0.160. The number of amides is 1. The van der Waals surface area contributed by atoms with Gasteiger partial charge in [0.15, 0.2) is 5.75 Å². The summed E-state index contributed by atoms with van der Waals surface area (Å²) in [4.78, 5) is 53.0. The lowest BCUT2D eigenvalue weighted by Gasteiger charge is -2.44. The first-order valence-electron chi connectivity index (χ1n) is 22.4. The highest BCUT2D eigenvalue weighted by Crippen LogP contribution is 2.51. The molecule has 1 fully saturated rings. The number of ketones is 1. The number of nitrogens with zero attached hydrogens (tertiary/aromatic N) is 3. The summed E-state index contributed by atoms with van der Waals surface area (Å²) >= 11 is 0. The molecule has 15 heteroatoms. The largest absolute Gasteiger partial charge is 0.507 e. The molecule has 5 N–H and O–H groups in total. The van der Waals surface area contributed by atoms with Crippen LogP contribution in [0.4, 0.5) is 5.69 Å². The highest BCUT2D eigenvalue weighted by Gasteiger charge is 2.50. The molecule has 1 unspecified atom stereocenters. The molecule has 3 aromatic rings. The number of rotatable bonds is 4. The topological polar surface area (TPSA) is 209 Å². The minimum absolute atomic E-state index is 0.0485. The number of carbonyl (C=O) groups is 3. The molecule has 4 heterocycles. The number of aliphatic hydroxyl groups excluding tert-OH is 2. The second-order valence-corrected chi connectivity index (χ2v) is 18.5. The van der Waals surface area contributed by atoms with Crippen LogP contribution in [-0.2, 0) is 30.3 Å². The van der Waals surface area contributed by atoms with Crippen molar-refractivity contribution in [2.45, 2.75) is 111 Å². The molecule has 1 spiro atoms. The fourth-order valence-corrected chi connectivity index (χ4v) is 9.75. The van der Waals surface area contributed by atoms with E-state index >= 15 is 0 Å². The number of aromatic hydroxyl groups is 2. The average Bonchev–Trinajstić information content (AvgIpc) is 3.55. The summed E-state index contributed by atoms with van der Waals surface area (Å²) in [5, 5.41) is 50.9. The van der Waals surface area contributed by atoms with E-state index < -0.39 is 82.8 Å². The number of anilines is 1. The molecule has 3 aromatic carbocycles.